The molecule has 2 aromatic carbocycles. The first kappa shape index (κ1) is 16.7. The molecule has 0 bridgehead atoms. The molecule has 24 heavy (non-hydrogen) atoms. The van der Waals surface area contributed by atoms with Gasteiger partial charge in [0.1, 0.15) is 0 Å². The SMILES string of the molecule is CN1/C(=C/C=C/C(=O)c2ccc(Br)cc2)C(C)(C)c2ccccc21. The number of nitrogens with zero attached hydrogens (tertiary/aromatic N) is 1. The van der Waals surface area contributed by atoms with Crippen molar-refractivity contribution in [2.75, 3.05) is 11.9 Å². The Hall–Kier alpha value is -2.13. The smallest absolute Gasteiger partial charge is 0.185 e. The minimum Gasteiger partial charge on any atom is -0.347 e. The largest absolute Gasteiger partial charge is 0.347 e. The van der Waals surface area contributed by atoms with E-state index in [0.717, 1.165) is 4.47 Å². The maximum atomic E-state index is 12.2. The molecule has 0 saturated carbocycles. The summed E-state index contributed by atoms with van der Waals surface area (Å²) in [6.07, 6.45) is 5.52. The average Bonchev–Trinajstić information content (AvgIpc) is 2.76. The van der Waals surface area contributed by atoms with Crippen molar-refractivity contribution in [1.82, 2.24) is 0 Å². The third-order valence-corrected chi connectivity index (χ3v) is 5.10. The summed E-state index contributed by atoms with van der Waals surface area (Å²) in [5, 5.41) is 0. The van der Waals surface area contributed by atoms with Crippen LogP contribution in [0.3, 0.4) is 0 Å². The van der Waals surface area contributed by atoms with Crippen LogP contribution in [0, 0.1) is 0 Å². The lowest BCUT2D eigenvalue weighted by molar-refractivity contribution is 0.104. The van der Waals surface area contributed by atoms with E-state index in [0.29, 0.717) is 5.56 Å². The predicted octanol–water partition coefficient (Wildman–Crippen LogP) is 5.50. The van der Waals surface area contributed by atoms with Crippen molar-refractivity contribution in [2.24, 2.45) is 0 Å². The highest BCUT2D eigenvalue weighted by Gasteiger charge is 2.37. The second kappa shape index (κ2) is 6.40. The Morgan fingerprint density at radius 1 is 1.08 bits per heavy atom. The van der Waals surface area contributed by atoms with Crippen molar-refractivity contribution in [2.45, 2.75) is 19.3 Å². The Morgan fingerprint density at radius 3 is 2.42 bits per heavy atom. The summed E-state index contributed by atoms with van der Waals surface area (Å²) in [6, 6.07) is 15.8. The standard InChI is InChI=1S/C21H20BrNO/c1-21(2)17-7-4-5-8-18(17)23(3)20(21)10-6-9-19(24)15-11-13-16(22)14-12-15/h4-14H,1-3H3/b9-6+,20-10+. The fourth-order valence-corrected chi connectivity index (χ4v) is 3.50. The molecule has 122 valence electrons. The zero-order valence-electron chi connectivity index (χ0n) is 14.1. The first-order chi connectivity index (χ1) is 11.4. The normalized spacial score (nSPS) is 17.5. The third kappa shape index (κ3) is 2.96. The number of para-hydroxylation sites is 1. The van der Waals surface area contributed by atoms with Crippen LogP contribution >= 0.6 is 15.9 Å². The molecule has 0 fully saturated rings. The summed E-state index contributed by atoms with van der Waals surface area (Å²) in [5.74, 6) is 0.00956. The highest BCUT2D eigenvalue weighted by molar-refractivity contribution is 9.10. The molecule has 2 aromatic rings. The molecule has 0 radical (unpaired) electrons. The van der Waals surface area contributed by atoms with Gasteiger partial charge < -0.3 is 4.90 Å². The van der Waals surface area contributed by atoms with E-state index in [2.05, 4.69) is 66.0 Å². The van der Waals surface area contributed by atoms with Crippen LogP contribution in [0.25, 0.3) is 0 Å². The minimum atomic E-state index is -0.0731. The minimum absolute atomic E-state index is 0.00956. The van der Waals surface area contributed by atoms with Crippen LogP contribution in [-0.4, -0.2) is 12.8 Å². The predicted molar refractivity (Wildman–Crippen MR) is 104 cm³/mol. The number of likely N-dealkylation sites (N-methyl/N-ethyl adjacent to an activating group) is 1. The van der Waals surface area contributed by atoms with Crippen molar-refractivity contribution in [3.63, 3.8) is 0 Å². The highest BCUT2D eigenvalue weighted by atomic mass is 79.9. The lowest BCUT2D eigenvalue weighted by Gasteiger charge is -2.23. The summed E-state index contributed by atoms with van der Waals surface area (Å²) in [5.41, 5.74) is 4.34. The van der Waals surface area contributed by atoms with Gasteiger partial charge in [0.15, 0.2) is 5.78 Å². The summed E-state index contributed by atoms with van der Waals surface area (Å²) in [6.45, 7) is 4.43. The maximum Gasteiger partial charge on any atom is 0.185 e. The van der Waals surface area contributed by atoms with Gasteiger partial charge in [-0.05, 0) is 48.0 Å². The fourth-order valence-electron chi connectivity index (χ4n) is 3.24. The molecule has 1 heterocycles. The maximum absolute atomic E-state index is 12.2. The molecule has 0 saturated heterocycles. The second-order valence-corrected chi connectivity index (χ2v) is 7.40. The van der Waals surface area contributed by atoms with E-state index < -0.39 is 0 Å². The quantitative estimate of drug-likeness (QED) is 0.516. The molecule has 0 atom stereocenters. The van der Waals surface area contributed by atoms with E-state index >= 15 is 0 Å². The molecular formula is C21H20BrNO. The number of rotatable bonds is 3. The van der Waals surface area contributed by atoms with Gasteiger partial charge in [0.2, 0.25) is 0 Å². The van der Waals surface area contributed by atoms with Gasteiger partial charge in [-0.3, -0.25) is 4.79 Å². The van der Waals surface area contributed by atoms with Crippen LogP contribution in [0.15, 0.2) is 76.9 Å². The van der Waals surface area contributed by atoms with Crippen molar-refractivity contribution < 1.29 is 4.79 Å². The Labute approximate surface area is 151 Å². The number of halogens is 1. The van der Waals surface area contributed by atoms with Gasteiger partial charge in [0.05, 0.1) is 0 Å². The molecule has 0 unspecified atom stereocenters. The zero-order chi connectivity index (χ0) is 17.3. The molecule has 1 aliphatic heterocycles. The number of allylic oxidation sites excluding steroid dienone is 4. The zero-order valence-corrected chi connectivity index (χ0v) is 15.7. The van der Waals surface area contributed by atoms with Crippen LogP contribution < -0.4 is 4.90 Å². The van der Waals surface area contributed by atoms with Crippen LogP contribution in [0.1, 0.15) is 29.8 Å². The van der Waals surface area contributed by atoms with E-state index in [1.807, 2.05) is 36.4 Å². The summed E-state index contributed by atoms with van der Waals surface area (Å²) in [4.78, 5) is 14.4. The Kier molecular flexibility index (Phi) is 4.46. The van der Waals surface area contributed by atoms with Crippen LogP contribution in [0.4, 0.5) is 5.69 Å². The van der Waals surface area contributed by atoms with Gasteiger partial charge in [-0.15, -0.1) is 0 Å². The van der Waals surface area contributed by atoms with E-state index in [9.17, 15) is 4.79 Å². The van der Waals surface area contributed by atoms with Crippen LogP contribution in [-0.2, 0) is 5.41 Å². The van der Waals surface area contributed by atoms with Crippen LogP contribution in [0.5, 0.6) is 0 Å². The summed E-state index contributed by atoms with van der Waals surface area (Å²) >= 11 is 3.38. The van der Waals surface area contributed by atoms with Gasteiger partial charge in [-0.2, -0.15) is 0 Å². The van der Waals surface area contributed by atoms with Crippen molar-refractivity contribution >= 4 is 27.4 Å². The number of carbonyl (C=O) groups excluding carboxylic acids is 1. The molecule has 0 amide bonds. The van der Waals surface area contributed by atoms with Crippen molar-refractivity contribution in [3.8, 4) is 0 Å². The molecular weight excluding hydrogens is 362 g/mol. The Bertz CT molecular complexity index is 831. The highest BCUT2D eigenvalue weighted by Crippen LogP contribution is 2.46. The molecule has 0 aliphatic carbocycles. The molecule has 1 aliphatic rings. The Morgan fingerprint density at radius 2 is 1.75 bits per heavy atom. The van der Waals surface area contributed by atoms with E-state index in [4.69, 9.17) is 0 Å². The lowest BCUT2D eigenvalue weighted by atomic mass is 9.84. The van der Waals surface area contributed by atoms with E-state index in [-0.39, 0.29) is 11.2 Å². The monoisotopic (exact) mass is 381 g/mol. The van der Waals surface area contributed by atoms with Gasteiger partial charge in [0.25, 0.3) is 0 Å². The molecule has 0 N–H and O–H groups in total. The van der Waals surface area contributed by atoms with E-state index in [1.165, 1.54) is 16.9 Å². The average molecular weight is 382 g/mol. The van der Waals surface area contributed by atoms with Gasteiger partial charge in [0, 0.05) is 33.9 Å². The molecule has 2 nitrogen and oxygen atoms in total. The topological polar surface area (TPSA) is 20.3 Å². The van der Waals surface area contributed by atoms with Gasteiger partial charge in [-0.25, -0.2) is 0 Å². The van der Waals surface area contributed by atoms with Gasteiger partial charge in [-0.1, -0.05) is 54.1 Å². The van der Waals surface area contributed by atoms with E-state index in [1.54, 1.807) is 6.08 Å². The summed E-state index contributed by atoms with van der Waals surface area (Å²) < 4.78 is 0.970. The fraction of sp³-hybridized carbons (Fsp3) is 0.190. The van der Waals surface area contributed by atoms with Gasteiger partial charge >= 0.3 is 0 Å². The Balaban J connectivity index is 1.84. The third-order valence-electron chi connectivity index (χ3n) is 4.57. The first-order valence-electron chi connectivity index (χ1n) is 7.93. The number of hydrogen-bond donors (Lipinski definition) is 0. The first-order valence-corrected chi connectivity index (χ1v) is 8.72. The lowest BCUT2D eigenvalue weighted by Crippen LogP contribution is -2.22. The number of fused-ring (bicyclic) bond motifs is 1. The molecule has 3 rings (SSSR count). The number of anilines is 1. The molecule has 3 heteroatoms. The number of ketones is 1. The van der Waals surface area contributed by atoms with Crippen molar-refractivity contribution in [3.05, 3.63) is 88.1 Å². The summed E-state index contributed by atoms with van der Waals surface area (Å²) in [7, 11) is 2.07. The number of carbonyl (C=O) groups is 1. The molecule has 0 aromatic heterocycles. The number of benzene rings is 2. The number of hydrogen-bond acceptors (Lipinski definition) is 2. The van der Waals surface area contributed by atoms with Crippen molar-refractivity contribution in [1.29, 1.82) is 0 Å². The second-order valence-electron chi connectivity index (χ2n) is 6.48. The molecule has 0 spiro atoms. The van der Waals surface area contributed by atoms with Crippen LogP contribution in [0.2, 0.25) is 0 Å².